The van der Waals surface area contributed by atoms with Crippen LogP contribution in [0.1, 0.15) is 12.5 Å². The molecule has 0 heterocycles. The Morgan fingerprint density at radius 1 is 1.59 bits per heavy atom. The summed E-state index contributed by atoms with van der Waals surface area (Å²) >= 11 is 5.83. The zero-order valence-corrected chi connectivity index (χ0v) is 10.5. The zero-order valence-electron chi connectivity index (χ0n) is 9.78. The Morgan fingerprint density at radius 2 is 2.24 bits per heavy atom. The third-order valence-corrected chi connectivity index (χ3v) is 3.06. The summed E-state index contributed by atoms with van der Waals surface area (Å²) in [5.74, 6) is -0.769. The highest BCUT2D eigenvalue weighted by atomic mass is 35.5. The van der Waals surface area contributed by atoms with Gasteiger partial charge in [0.2, 0.25) is 5.91 Å². The molecule has 1 aromatic rings. The molecule has 0 aliphatic rings. The molecule has 0 spiro atoms. The smallest absolute Gasteiger partial charge is 0.227 e. The van der Waals surface area contributed by atoms with Crippen molar-refractivity contribution in [2.24, 2.45) is 0 Å². The maximum atomic E-state index is 13.5. The number of halogens is 2. The number of hydrogen-bond donors (Lipinski definition) is 1. The second-order valence-corrected chi connectivity index (χ2v) is 4.32. The lowest BCUT2D eigenvalue weighted by molar-refractivity contribution is -0.131. The maximum absolute atomic E-state index is 13.5. The van der Waals surface area contributed by atoms with Crippen LogP contribution in [0.3, 0.4) is 0 Å². The number of aliphatic hydroxyl groups is 1. The molecule has 5 heteroatoms. The minimum Gasteiger partial charge on any atom is -0.394 e. The van der Waals surface area contributed by atoms with Crippen molar-refractivity contribution in [3.05, 3.63) is 34.6 Å². The average molecular weight is 260 g/mol. The SMILES string of the molecule is CC(CO)N(C)C(=O)Cc1c(F)cccc1Cl. The lowest BCUT2D eigenvalue weighted by atomic mass is 10.1. The van der Waals surface area contributed by atoms with E-state index in [9.17, 15) is 9.18 Å². The van der Waals surface area contributed by atoms with Crippen LogP contribution in [0, 0.1) is 5.82 Å². The van der Waals surface area contributed by atoms with Gasteiger partial charge in [-0.25, -0.2) is 4.39 Å². The van der Waals surface area contributed by atoms with E-state index in [2.05, 4.69) is 0 Å². The average Bonchev–Trinajstić information content (AvgIpc) is 2.31. The van der Waals surface area contributed by atoms with Gasteiger partial charge < -0.3 is 10.0 Å². The molecule has 3 nitrogen and oxygen atoms in total. The molecular weight excluding hydrogens is 245 g/mol. The van der Waals surface area contributed by atoms with Crippen LogP contribution in [0.5, 0.6) is 0 Å². The number of carbonyl (C=O) groups excluding carboxylic acids is 1. The van der Waals surface area contributed by atoms with Crippen molar-refractivity contribution in [2.75, 3.05) is 13.7 Å². The van der Waals surface area contributed by atoms with Gasteiger partial charge in [0, 0.05) is 17.6 Å². The van der Waals surface area contributed by atoms with E-state index >= 15 is 0 Å². The van der Waals surface area contributed by atoms with Crippen molar-refractivity contribution in [3.8, 4) is 0 Å². The third kappa shape index (κ3) is 3.41. The number of amides is 1. The number of hydrogen-bond acceptors (Lipinski definition) is 2. The van der Waals surface area contributed by atoms with E-state index in [0.717, 1.165) is 0 Å². The molecule has 94 valence electrons. The number of rotatable bonds is 4. The standard InChI is InChI=1S/C12H15ClFNO2/c1-8(7-16)15(2)12(17)6-9-10(13)4-3-5-11(9)14/h3-5,8,16H,6-7H2,1-2H3. The van der Waals surface area contributed by atoms with E-state index in [-0.39, 0.29) is 35.6 Å². The zero-order chi connectivity index (χ0) is 13.0. The van der Waals surface area contributed by atoms with Crippen LogP contribution in [0.15, 0.2) is 18.2 Å². The van der Waals surface area contributed by atoms with Crippen molar-refractivity contribution in [1.82, 2.24) is 4.90 Å². The normalized spacial score (nSPS) is 12.3. The first-order chi connectivity index (χ1) is 7.97. The second-order valence-electron chi connectivity index (χ2n) is 3.91. The van der Waals surface area contributed by atoms with Crippen LogP contribution in [0.25, 0.3) is 0 Å². The Hall–Kier alpha value is -1.13. The minimum absolute atomic E-state index is 0.105. The van der Waals surface area contributed by atoms with E-state index in [1.807, 2.05) is 0 Å². The van der Waals surface area contributed by atoms with Crippen LogP contribution in [0.4, 0.5) is 4.39 Å². The monoisotopic (exact) mass is 259 g/mol. The predicted molar refractivity (Wildman–Crippen MR) is 64.4 cm³/mol. The fourth-order valence-corrected chi connectivity index (χ4v) is 1.58. The van der Waals surface area contributed by atoms with Crippen molar-refractivity contribution in [2.45, 2.75) is 19.4 Å². The fourth-order valence-electron chi connectivity index (χ4n) is 1.35. The van der Waals surface area contributed by atoms with Crippen molar-refractivity contribution < 1.29 is 14.3 Å². The number of likely N-dealkylation sites (N-methyl/N-ethyl adjacent to an activating group) is 1. The molecule has 0 fully saturated rings. The van der Waals surface area contributed by atoms with Crippen LogP contribution in [-0.4, -0.2) is 35.6 Å². The molecular formula is C12H15ClFNO2. The van der Waals surface area contributed by atoms with Gasteiger partial charge >= 0.3 is 0 Å². The van der Waals surface area contributed by atoms with Gasteiger partial charge in [0.05, 0.1) is 19.1 Å². The van der Waals surface area contributed by atoms with Crippen molar-refractivity contribution in [3.63, 3.8) is 0 Å². The van der Waals surface area contributed by atoms with Gasteiger partial charge in [-0.2, -0.15) is 0 Å². The second kappa shape index (κ2) is 5.98. The third-order valence-electron chi connectivity index (χ3n) is 2.71. The van der Waals surface area contributed by atoms with E-state index in [1.165, 1.54) is 17.0 Å². The van der Waals surface area contributed by atoms with Gasteiger partial charge in [0.1, 0.15) is 5.82 Å². The summed E-state index contributed by atoms with van der Waals surface area (Å²) in [5, 5.41) is 9.17. The van der Waals surface area contributed by atoms with Crippen molar-refractivity contribution in [1.29, 1.82) is 0 Å². The maximum Gasteiger partial charge on any atom is 0.227 e. The summed E-state index contributed by atoms with van der Waals surface area (Å²) in [4.78, 5) is 13.2. The molecule has 1 N–H and O–H groups in total. The molecule has 0 bridgehead atoms. The molecule has 0 aliphatic carbocycles. The molecule has 0 radical (unpaired) electrons. The van der Waals surface area contributed by atoms with Gasteiger partial charge in [0.15, 0.2) is 0 Å². The molecule has 0 saturated carbocycles. The summed E-state index contributed by atoms with van der Waals surface area (Å²) in [7, 11) is 1.57. The molecule has 1 unspecified atom stereocenters. The van der Waals surface area contributed by atoms with Crippen LogP contribution in [-0.2, 0) is 11.2 Å². The van der Waals surface area contributed by atoms with E-state index in [1.54, 1.807) is 20.0 Å². The fraction of sp³-hybridized carbons (Fsp3) is 0.417. The summed E-state index contributed by atoms with van der Waals surface area (Å²) < 4.78 is 13.5. The summed E-state index contributed by atoms with van der Waals surface area (Å²) in [5.41, 5.74) is 0.191. The van der Waals surface area contributed by atoms with Gasteiger partial charge in [-0.1, -0.05) is 17.7 Å². The lowest BCUT2D eigenvalue weighted by Crippen LogP contribution is -2.38. The Labute approximate surface area is 105 Å². The molecule has 0 aliphatic heterocycles. The number of aliphatic hydroxyl groups excluding tert-OH is 1. The van der Waals surface area contributed by atoms with E-state index in [4.69, 9.17) is 16.7 Å². The van der Waals surface area contributed by atoms with Crippen LogP contribution >= 0.6 is 11.6 Å². The quantitative estimate of drug-likeness (QED) is 0.897. The topological polar surface area (TPSA) is 40.5 Å². The van der Waals surface area contributed by atoms with Gasteiger partial charge in [-0.3, -0.25) is 4.79 Å². The Morgan fingerprint density at radius 3 is 2.76 bits per heavy atom. The van der Waals surface area contributed by atoms with E-state index < -0.39 is 5.82 Å². The van der Waals surface area contributed by atoms with Gasteiger partial charge in [0.25, 0.3) is 0 Å². The first kappa shape index (κ1) is 13.9. The molecule has 1 rings (SSSR count). The van der Waals surface area contributed by atoms with Gasteiger partial charge in [-0.05, 0) is 19.1 Å². The Kier molecular flexibility index (Phi) is 4.90. The number of nitrogens with zero attached hydrogens (tertiary/aromatic N) is 1. The molecule has 1 aromatic carbocycles. The Bertz CT molecular complexity index is 391. The summed E-state index contributed by atoms with van der Waals surface area (Å²) in [6.07, 6.45) is -0.105. The highest BCUT2D eigenvalue weighted by Gasteiger charge is 2.18. The molecule has 17 heavy (non-hydrogen) atoms. The van der Waals surface area contributed by atoms with Crippen molar-refractivity contribution >= 4 is 17.5 Å². The first-order valence-electron chi connectivity index (χ1n) is 5.26. The molecule has 0 saturated heterocycles. The van der Waals surface area contributed by atoms with E-state index in [0.29, 0.717) is 0 Å². The van der Waals surface area contributed by atoms with Crippen LogP contribution < -0.4 is 0 Å². The molecule has 0 aromatic heterocycles. The lowest BCUT2D eigenvalue weighted by Gasteiger charge is -2.23. The number of carbonyl (C=O) groups is 1. The molecule has 1 atom stereocenters. The number of benzene rings is 1. The summed E-state index contributed by atoms with van der Waals surface area (Å²) in [6, 6.07) is 4.01. The summed E-state index contributed by atoms with van der Waals surface area (Å²) in [6.45, 7) is 1.58. The molecule has 1 amide bonds. The Balaban J connectivity index is 2.81. The predicted octanol–water partition coefficient (Wildman–Crippen LogP) is 1.86. The first-order valence-corrected chi connectivity index (χ1v) is 5.64. The highest BCUT2D eigenvalue weighted by Crippen LogP contribution is 2.20. The minimum atomic E-state index is -0.490. The van der Waals surface area contributed by atoms with Gasteiger partial charge in [-0.15, -0.1) is 0 Å². The van der Waals surface area contributed by atoms with Crippen LogP contribution in [0.2, 0.25) is 5.02 Å². The largest absolute Gasteiger partial charge is 0.394 e. The highest BCUT2D eigenvalue weighted by molar-refractivity contribution is 6.31.